The van der Waals surface area contributed by atoms with Gasteiger partial charge in [-0.3, -0.25) is 10.1 Å². The van der Waals surface area contributed by atoms with E-state index in [-0.39, 0.29) is 12.5 Å². The summed E-state index contributed by atoms with van der Waals surface area (Å²) in [4.78, 5) is 11.1. The molecule has 0 aliphatic rings. The van der Waals surface area contributed by atoms with Gasteiger partial charge in [0.25, 0.3) is 0 Å². The standard InChI is InChI=1S/C12H14N2O2/c1-2-16-12(15)9-14-11(8-13)10-6-4-3-5-7-10/h3-7,11,14H,2,9H2,1H3. The first kappa shape index (κ1) is 12.2. The number of ether oxygens (including phenoxy) is 1. The van der Waals surface area contributed by atoms with Gasteiger partial charge in [-0.2, -0.15) is 5.26 Å². The van der Waals surface area contributed by atoms with E-state index in [9.17, 15) is 4.79 Å². The number of hydrogen-bond acceptors (Lipinski definition) is 4. The van der Waals surface area contributed by atoms with Gasteiger partial charge < -0.3 is 4.74 Å². The number of benzene rings is 1. The van der Waals surface area contributed by atoms with Gasteiger partial charge in [0.05, 0.1) is 19.2 Å². The van der Waals surface area contributed by atoms with Crippen molar-refractivity contribution in [3.63, 3.8) is 0 Å². The summed E-state index contributed by atoms with van der Waals surface area (Å²) in [6, 6.07) is 10.9. The Hall–Kier alpha value is -1.86. The Morgan fingerprint density at radius 1 is 1.50 bits per heavy atom. The summed E-state index contributed by atoms with van der Waals surface area (Å²) in [7, 11) is 0. The average Bonchev–Trinajstić information content (AvgIpc) is 2.31. The molecule has 16 heavy (non-hydrogen) atoms. The highest BCUT2D eigenvalue weighted by Crippen LogP contribution is 2.10. The maximum absolute atomic E-state index is 11.1. The molecule has 4 nitrogen and oxygen atoms in total. The van der Waals surface area contributed by atoms with Crippen molar-refractivity contribution < 1.29 is 9.53 Å². The smallest absolute Gasteiger partial charge is 0.319 e. The van der Waals surface area contributed by atoms with E-state index < -0.39 is 6.04 Å². The molecule has 0 aromatic heterocycles. The van der Waals surface area contributed by atoms with Gasteiger partial charge in [-0.15, -0.1) is 0 Å². The molecule has 4 heteroatoms. The number of carbonyl (C=O) groups excluding carboxylic acids is 1. The predicted molar refractivity (Wildman–Crippen MR) is 59.4 cm³/mol. The second kappa shape index (κ2) is 6.59. The lowest BCUT2D eigenvalue weighted by Crippen LogP contribution is -2.28. The van der Waals surface area contributed by atoms with Crippen LogP contribution < -0.4 is 5.32 Å². The van der Waals surface area contributed by atoms with Crippen molar-refractivity contribution in [3.8, 4) is 6.07 Å². The minimum Gasteiger partial charge on any atom is -0.465 e. The molecular formula is C12H14N2O2. The topological polar surface area (TPSA) is 62.1 Å². The quantitative estimate of drug-likeness (QED) is 0.759. The fourth-order valence-corrected chi connectivity index (χ4v) is 1.28. The third-order valence-electron chi connectivity index (χ3n) is 2.02. The molecule has 84 valence electrons. The number of rotatable bonds is 5. The van der Waals surface area contributed by atoms with E-state index in [0.29, 0.717) is 6.61 Å². The summed E-state index contributed by atoms with van der Waals surface area (Å²) in [5, 5.41) is 11.8. The van der Waals surface area contributed by atoms with Crippen LogP contribution >= 0.6 is 0 Å². The Kier molecular flexibility index (Phi) is 5.03. The van der Waals surface area contributed by atoms with Crippen molar-refractivity contribution >= 4 is 5.97 Å². The Morgan fingerprint density at radius 2 is 2.19 bits per heavy atom. The highest BCUT2D eigenvalue weighted by Gasteiger charge is 2.11. The molecule has 1 N–H and O–H groups in total. The molecule has 0 amide bonds. The Labute approximate surface area is 94.8 Å². The zero-order valence-electron chi connectivity index (χ0n) is 9.14. The molecule has 1 aromatic rings. The van der Waals surface area contributed by atoms with Crippen molar-refractivity contribution in [3.05, 3.63) is 35.9 Å². The van der Waals surface area contributed by atoms with Crippen LogP contribution in [0.25, 0.3) is 0 Å². The molecule has 0 radical (unpaired) electrons. The third-order valence-corrected chi connectivity index (χ3v) is 2.02. The number of esters is 1. The van der Waals surface area contributed by atoms with Gasteiger partial charge in [-0.05, 0) is 12.5 Å². The van der Waals surface area contributed by atoms with Crippen LogP contribution in [0.15, 0.2) is 30.3 Å². The van der Waals surface area contributed by atoms with Crippen LogP contribution in [0.3, 0.4) is 0 Å². The molecule has 0 spiro atoms. The lowest BCUT2D eigenvalue weighted by Gasteiger charge is -2.10. The molecule has 1 rings (SSSR count). The van der Waals surface area contributed by atoms with E-state index >= 15 is 0 Å². The molecule has 0 heterocycles. The number of nitrogens with one attached hydrogen (secondary N) is 1. The molecule has 1 atom stereocenters. The van der Waals surface area contributed by atoms with Crippen molar-refractivity contribution in [2.75, 3.05) is 13.2 Å². The van der Waals surface area contributed by atoms with Crippen molar-refractivity contribution in [1.29, 1.82) is 5.26 Å². The largest absolute Gasteiger partial charge is 0.465 e. The van der Waals surface area contributed by atoms with E-state index in [1.807, 2.05) is 30.3 Å². The maximum atomic E-state index is 11.1. The highest BCUT2D eigenvalue weighted by atomic mass is 16.5. The highest BCUT2D eigenvalue weighted by molar-refractivity contribution is 5.71. The molecule has 1 unspecified atom stereocenters. The minimum atomic E-state index is -0.481. The first-order valence-corrected chi connectivity index (χ1v) is 5.11. The zero-order chi connectivity index (χ0) is 11.8. The normalized spacial score (nSPS) is 11.5. The van der Waals surface area contributed by atoms with Gasteiger partial charge in [-0.25, -0.2) is 0 Å². The van der Waals surface area contributed by atoms with Crippen LogP contribution in [-0.4, -0.2) is 19.1 Å². The van der Waals surface area contributed by atoms with E-state index in [1.54, 1.807) is 6.92 Å². The lowest BCUT2D eigenvalue weighted by atomic mass is 10.1. The monoisotopic (exact) mass is 218 g/mol. The van der Waals surface area contributed by atoms with Crippen LogP contribution in [-0.2, 0) is 9.53 Å². The van der Waals surface area contributed by atoms with Gasteiger partial charge in [-0.1, -0.05) is 30.3 Å². The Morgan fingerprint density at radius 3 is 2.75 bits per heavy atom. The fraction of sp³-hybridized carbons (Fsp3) is 0.333. The van der Waals surface area contributed by atoms with Crippen LogP contribution in [0.1, 0.15) is 18.5 Å². The first-order chi connectivity index (χ1) is 7.77. The van der Waals surface area contributed by atoms with Crippen molar-refractivity contribution in [2.45, 2.75) is 13.0 Å². The summed E-state index contributed by atoms with van der Waals surface area (Å²) < 4.78 is 4.76. The van der Waals surface area contributed by atoms with Crippen molar-refractivity contribution in [2.24, 2.45) is 0 Å². The maximum Gasteiger partial charge on any atom is 0.319 e. The van der Waals surface area contributed by atoms with Gasteiger partial charge in [0.15, 0.2) is 0 Å². The summed E-state index contributed by atoms with van der Waals surface area (Å²) in [6.07, 6.45) is 0. The van der Waals surface area contributed by atoms with E-state index in [2.05, 4.69) is 11.4 Å². The second-order valence-electron chi connectivity index (χ2n) is 3.16. The molecule has 0 saturated carbocycles. The predicted octanol–water partition coefficient (Wildman–Crippen LogP) is 1.40. The molecule has 0 aliphatic heterocycles. The SMILES string of the molecule is CCOC(=O)CNC(C#N)c1ccccc1. The zero-order valence-corrected chi connectivity index (χ0v) is 9.14. The summed E-state index contributed by atoms with van der Waals surface area (Å²) in [6.45, 7) is 2.14. The Balaban J connectivity index is 2.51. The number of nitriles is 1. The fourth-order valence-electron chi connectivity index (χ4n) is 1.28. The van der Waals surface area contributed by atoms with E-state index in [4.69, 9.17) is 10.00 Å². The Bertz CT molecular complexity index is 370. The lowest BCUT2D eigenvalue weighted by molar-refractivity contribution is -0.142. The van der Waals surface area contributed by atoms with E-state index in [0.717, 1.165) is 5.56 Å². The molecular weight excluding hydrogens is 204 g/mol. The summed E-state index contributed by atoms with van der Waals surface area (Å²) in [5.74, 6) is -0.348. The van der Waals surface area contributed by atoms with Gasteiger partial charge in [0, 0.05) is 0 Å². The molecule has 0 aliphatic carbocycles. The van der Waals surface area contributed by atoms with Gasteiger partial charge in [0.1, 0.15) is 6.04 Å². The summed E-state index contributed by atoms with van der Waals surface area (Å²) >= 11 is 0. The summed E-state index contributed by atoms with van der Waals surface area (Å²) in [5.41, 5.74) is 0.842. The van der Waals surface area contributed by atoms with Crippen LogP contribution in [0.2, 0.25) is 0 Å². The van der Waals surface area contributed by atoms with Gasteiger partial charge in [0.2, 0.25) is 0 Å². The molecule has 0 fully saturated rings. The third kappa shape index (κ3) is 3.71. The average molecular weight is 218 g/mol. The van der Waals surface area contributed by atoms with Gasteiger partial charge >= 0.3 is 5.97 Å². The van der Waals surface area contributed by atoms with Crippen LogP contribution in [0, 0.1) is 11.3 Å². The van der Waals surface area contributed by atoms with E-state index in [1.165, 1.54) is 0 Å². The number of carbonyl (C=O) groups is 1. The molecule has 1 aromatic carbocycles. The number of hydrogen-bond donors (Lipinski definition) is 1. The minimum absolute atomic E-state index is 0.0426. The molecule has 0 saturated heterocycles. The number of nitrogens with zero attached hydrogens (tertiary/aromatic N) is 1. The molecule has 0 bridgehead atoms. The van der Waals surface area contributed by atoms with Crippen molar-refractivity contribution in [1.82, 2.24) is 5.32 Å². The van der Waals surface area contributed by atoms with Crippen LogP contribution in [0.5, 0.6) is 0 Å². The second-order valence-corrected chi connectivity index (χ2v) is 3.16. The van der Waals surface area contributed by atoms with Crippen LogP contribution in [0.4, 0.5) is 0 Å². The first-order valence-electron chi connectivity index (χ1n) is 5.11.